The zero-order valence-electron chi connectivity index (χ0n) is 16.1. The Kier molecular flexibility index (Phi) is 5.39. The summed E-state index contributed by atoms with van der Waals surface area (Å²) >= 11 is 0. The highest BCUT2D eigenvalue weighted by Crippen LogP contribution is 2.23. The van der Waals surface area contributed by atoms with Gasteiger partial charge in [-0.05, 0) is 43.5 Å². The number of piperidine rings is 1. The predicted octanol–water partition coefficient (Wildman–Crippen LogP) is 2.82. The molecular formula is C22H28N4O. The molecule has 0 radical (unpaired) electrons. The predicted molar refractivity (Wildman–Crippen MR) is 108 cm³/mol. The lowest BCUT2D eigenvalue weighted by Crippen LogP contribution is -2.56. The largest absolute Gasteiger partial charge is 0.369 e. The van der Waals surface area contributed by atoms with Crippen molar-refractivity contribution in [1.29, 1.82) is 0 Å². The molecule has 142 valence electrons. The number of amides is 1. The third-order valence-corrected chi connectivity index (χ3v) is 5.85. The van der Waals surface area contributed by atoms with Gasteiger partial charge in [0.1, 0.15) is 5.69 Å². The van der Waals surface area contributed by atoms with Gasteiger partial charge in [0.2, 0.25) is 0 Å². The Hall–Kier alpha value is -2.40. The highest BCUT2D eigenvalue weighted by molar-refractivity contribution is 5.92. The van der Waals surface area contributed by atoms with Crippen LogP contribution in [0.15, 0.2) is 48.7 Å². The zero-order valence-corrected chi connectivity index (χ0v) is 16.1. The number of carbonyl (C=O) groups excluding carboxylic acids is 1. The molecule has 0 spiro atoms. The lowest BCUT2D eigenvalue weighted by molar-refractivity contribution is 0.0558. The molecule has 5 nitrogen and oxygen atoms in total. The highest BCUT2D eigenvalue weighted by Gasteiger charge is 2.30. The number of piperazine rings is 1. The fourth-order valence-electron chi connectivity index (χ4n) is 4.33. The van der Waals surface area contributed by atoms with Gasteiger partial charge >= 0.3 is 0 Å². The van der Waals surface area contributed by atoms with Crippen LogP contribution in [0.4, 0.5) is 5.69 Å². The van der Waals surface area contributed by atoms with Gasteiger partial charge in [-0.2, -0.15) is 0 Å². The van der Waals surface area contributed by atoms with Crippen molar-refractivity contribution in [3.63, 3.8) is 0 Å². The van der Waals surface area contributed by atoms with Gasteiger partial charge in [-0.3, -0.25) is 14.7 Å². The van der Waals surface area contributed by atoms with Gasteiger partial charge in [0.25, 0.3) is 5.91 Å². The molecule has 4 rings (SSSR count). The van der Waals surface area contributed by atoms with E-state index in [-0.39, 0.29) is 5.91 Å². The number of pyridine rings is 1. The van der Waals surface area contributed by atoms with Gasteiger partial charge in [-0.25, -0.2) is 0 Å². The van der Waals surface area contributed by atoms with Crippen molar-refractivity contribution >= 4 is 11.6 Å². The molecule has 2 aliphatic heterocycles. The monoisotopic (exact) mass is 364 g/mol. The minimum absolute atomic E-state index is 0.0684. The highest BCUT2D eigenvalue weighted by atomic mass is 16.2. The van der Waals surface area contributed by atoms with Crippen LogP contribution in [-0.4, -0.2) is 66.0 Å². The van der Waals surface area contributed by atoms with Crippen LogP contribution >= 0.6 is 0 Å². The number of hydrogen-bond donors (Lipinski definition) is 0. The molecule has 0 bridgehead atoms. The average Bonchev–Trinajstić information content (AvgIpc) is 2.74. The number of likely N-dealkylation sites (tertiary alicyclic amines) is 1. The molecular weight excluding hydrogens is 336 g/mol. The summed E-state index contributed by atoms with van der Waals surface area (Å²) in [6, 6.07) is 14.6. The first-order valence-corrected chi connectivity index (χ1v) is 9.97. The van der Waals surface area contributed by atoms with E-state index in [2.05, 4.69) is 46.0 Å². The van der Waals surface area contributed by atoms with Crippen LogP contribution in [0, 0.1) is 6.92 Å². The molecule has 0 unspecified atom stereocenters. The van der Waals surface area contributed by atoms with Gasteiger partial charge in [-0.1, -0.05) is 24.3 Å². The van der Waals surface area contributed by atoms with Crippen molar-refractivity contribution < 1.29 is 4.79 Å². The molecule has 1 aromatic heterocycles. The van der Waals surface area contributed by atoms with E-state index >= 15 is 0 Å². The lowest BCUT2D eigenvalue weighted by Gasteiger charge is -2.44. The number of rotatable bonds is 3. The molecule has 1 amide bonds. The Morgan fingerprint density at radius 1 is 1.00 bits per heavy atom. The number of hydrogen-bond acceptors (Lipinski definition) is 4. The number of nitrogens with zero attached hydrogens (tertiary/aromatic N) is 4. The zero-order chi connectivity index (χ0) is 18.6. The minimum atomic E-state index is 0.0684. The average molecular weight is 364 g/mol. The fraction of sp³-hybridized carbons (Fsp3) is 0.455. The summed E-state index contributed by atoms with van der Waals surface area (Å²) in [5.41, 5.74) is 3.26. The molecule has 2 fully saturated rings. The van der Waals surface area contributed by atoms with Gasteiger partial charge in [0.05, 0.1) is 0 Å². The molecule has 0 N–H and O–H groups in total. The number of anilines is 1. The fourth-order valence-corrected chi connectivity index (χ4v) is 4.33. The third-order valence-electron chi connectivity index (χ3n) is 5.85. The number of aromatic nitrogens is 1. The quantitative estimate of drug-likeness (QED) is 0.840. The molecule has 2 aliphatic rings. The standard InChI is InChI=1S/C22H28N4O/c1-18-7-2-3-10-21(18)25-15-13-24(14-16-25)19-8-6-12-26(17-19)22(27)20-9-4-5-11-23-20/h2-5,7,9-11,19H,6,8,12-17H2,1H3/t19-/m1/s1. The van der Waals surface area contributed by atoms with Crippen LogP contribution in [0.3, 0.4) is 0 Å². The molecule has 0 saturated carbocycles. The van der Waals surface area contributed by atoms with E-state index in [1.54, 1.807) is 6.20 Å². The first-order chi connectivity index (χ1) is 13.2. The normalized spacial score (nSPS) is 21.3. The first kappa shape index (κ1) is 18.0. The second kappa shape index (κ2) is 8.09. The van der Waals surface area contributed by atoms with E-state index in [9.17, 15) is 4.79 Å². The van der Waals surface area contributed by atoms with Crippen molar-refractivity contribution in [2.75, 3.05) is 44.2 Å². The molecule has 2 saturated heterocycles. The summed E-state index contributed by atoms with van der Waals surface area (Å²) in [4.78, 5) is 24.0. The summed E-state index contributed by atoms with van der Waals surface area (Å²) in [7, 11) is 0. The van der Waals surface area contributed by atoms with Crippen LogP contribution in [0.25, 0.3) is 0 Å². The van der Waals surface area contributed by atoms with Crippen LogP contribution in [0.1, 0.15) is 28.9 Å². The van der Waals surface area contributed by atoms with Crippen molar-refractivity contribution in [3.05, 3.63) is 59.9 Å². The molecule has 3 heterocycles. The van der Waals surface area contributed by atoms with E-state index < -0.39 is 0 Å². The maximum atomic E-state index is 12.7. The number of para-hydroxylation sites is 1. The molecule has 0 aliphatic carbocycles. The van der Waals surface area contributed by atoms with Crippen molar-refractivity contribution in [3.8, 4) is 0 Å². The second-order valence-electron chi connectivity index (χ2n) is 7.57. The smallest absolute Gasteiger partial charge is 0.272 e. The minimum Gasteiger partial charge on any atom is -0.369 e. The van der Waals surface area contributed by atoms with E-state index in [1.807, 2.05) is 23.1 Å². The van der Waals surface area contributed by atoms with E-state index in [1.165, 1.54) is 17.7 Å². The van der Waals surface area contributed by atoms with Gasteiger partial charge in [-0.15, -0.1) is 0 Å². The molecule has 1 atom stereocenters. The van der Waals surface area contributed by atoms with Crippen LogP contribution in [-0.2, 0) is 0 Å². The van der Waals surface area contributed by atoms with Crippen molar-refractivity contribution in [2.24, 2.45) is 0 Å². The Morgan fingerprint density at radius 3 is 2.52 bits per heavy atom. The third kappa shape index (κ3) is 3.98. The van der Waals surface area contributed by atoms with Crippen molar-refractivity contribution in [1.82, 2.24) is 14.8 Å². The van der Waals surface area contributed by atoms with E-state index in [0.717, 1.165) is 45.7 Å². The number of carbonyl (C=O) groups is 1. The molecule has 2 aromatic rings. The van der Waals surface area contributed by atoms with E-state index in [4.69, 9.17) is 0 Å². The summed E-state index contributed by atoms with van der Waals surface area (Å²) in [6.07, 6.45) is 3.94. The summed E-state index contributed by atoms with van der Waals surface area (Å²) in [6.45, 7) is 8.07. The summed E-state index contributed by atoms with van der Waals surface area (Å²) in [5, 5.41) is 0. The van der Waals surface area contributed by atoms with Gasteiger partial charge in [0, 0.05) is 57.2 Å². The topological polar surface area (TPSA) is 39.7 Å². The lowest BCUT2D eigenvalue weighted by atomic mass is 10.0. The maximum Gasteiger partial charge on any atom is 0.272 e. The van der Waals surface area contributed by atoms with Crippen LogP contribution < -0.4 is 4.90 Å². The summed E-state index contributed by atoms with van der Waals surface area (Å²) in [5.74, 6) is 0.0684. The van der Waals surface area contributed by atoms with E-state index in [0.29, 0.717) is 11.7 Å². The van der Waals surface area contributed by atoms with Gasteiger partial charge < -0.3 is 9.80 Å². The Bertz CT molecular complexity index is 771. The Morgan fingerprint density at radius 2 is 1.78 bits per heavy atom. The second-order valence-corrected chi connectivity index (χ2v) is 7.57. The molecule has 5 heteroatoms. The number of benzene rings is 1. The maximum absolute atomic E-state index is 12.7. The van der Waals surface area contributed by atoms with Crippen LogP contribution in [0.5, 0.6) is 0 Å². The molecule has 27 heavy (non-hydrogen) atoms. The van der Waals surface area contributed by atoms with Crippen LogP contribution in [0.2, 0.25) is 0 Å². The first-order valence-electron chi connectivity index (χ1n) is 9.97. The van der Waals surface area contributed by atoms with Gasteiger partial charge in [0.15, 0.2) is 0 Å². The Balaban J connectivity index is 1.36. The summed E-state index contributed by atoms with van der Waals surface area (Å²) < 4.78 is 0. The Labute approximate surface area is 161 Å². The number of aryl methyl sites for hydroxylation is 1. The SMILES string of the molecule is Cc1ccccc1N1CCN([C@@H]2CCCN(C(=O)c3ccccn3)C2)CC1. The molecule has 1 aromatic carbocycles. The van der Waals surface area contributed by atoms with Crippen molar-refractivity contribution in [2.45, 2.75) is 25.8 Å².